The summed E-state index contributed by atoms with van der Waals surface area (Å²) in [6.45, 7) is 7.49. The van der Waals surface area contributed by atoms with Crippen LogP contribution in [0.2, 0.25) is 0 Å². The molecule has 1 aromatic carbocycles. The van der Waals surface area contributed by atoms with E-state index in [2.05, 4.69) is 0 Å². The monoisotopic (exact) mass is 416 g/mol. The molecule has 2 bridgehead atoms. The van der Waals surface area contributed by atoms with E-state index in [0.29, 0.717) is 18.4 Å². The highest BCUT2D eigenvalue weighted by atomic mass is 16.6. The predicted octanol–water partition coefficient (Wildman–Crippen LogP) is 4.47. The first-order chi connectivity index (χ1) is 14.1. The lowest BCUT2D eigenvalue weighted by atomic mass is 9.89. The van der Waals surface area contributed by atoms with Crippen LogP contribution in [0.4, 0.5) is 10.5 Å². The number of hydrogen-bond acceptors (Lipinski definition) is 6. The SMILES string of the molecule is CCOC(=O)C1=C(c2ccc([N+](=O)[O-])cc2)CC2CCC(C1)N2C(=O)OC(C)(C)C. The maximum Gasteiger partial charge on any atom is 0.410 e. The second-order valence-electron chi connectivity index (χ2n) is 8.66. The van der Waals surface area contributed by atoms with Gasteiger partial charge in [0, 0.05) is 36.2 Å². The van der Waals surface area contributed by atoms with Gasteiger partial charge < -0.3 is 14.4 Å². The Kier molecular flexibility index (Phi) is 6.14. The zero-order chi connectivity index (χ0) is 22.1. The Morgan fingerprint density at radius 3 is 2.27 bits per heavy atom. The van der Waals surface area contributed by atoms with Crippen molar-refractivity contribution in [1.29, 1.82) is 0 Å². The molecule has 2 atom stereocenters. The molecule has 0 radical (unpaired) electrons. The average molecular weight is 416 g/mol. The van der Waals surface area contributed by atoms with Crippen molar-refractivity contribution in [3.63, 3.8) is 0 Å². The van der Waals surface area contributed by atoms with Gasteiger partial charge in [0.2, 0.25) is 0 Å². The summed E-state index contributed by atoms with van der Waals surface area (Å²) in [5, 5.41) is 11.0. The van der Waals surface area contributed by atoms with Gasteiger partial charge in [-0.25, -0.2) is 9.59 Å². The third kappa shape index (κ3) is 4.63. The zero-order valence-corrected chi connectivity index (χ0v) is 17.8. The number of hydrogen-bond donors (Lipinski definition) is 0. The first-order valence-corrected chi connectivity index (χ1v) is 10.3. The number of non-ortho nitro benzene ring substituents is 1. The molecule has 2 aliphatic rings. The summed E-state index contributed by atoms with van der Waals surface area (Å²) in [4.78, 5) is 38.0. The van der Waals surface area contributed by atoms with Crippen molar-refractivity contribution in [3.8, 4) is 0 Å². The van der Waals surface area contributed by atoms with E-state index in [1.165, 1.54) is 12.1 Å². The fourth-order valence-electron chi connectivity index (χ4n) is 4.19. The van der Waals surface area contributed by atoms with E-state index in [0.717, 1.165) is 24.0 Å². The molecule has 0 aromatic heterocycles. The fraction of sp³-hybridized carbons (Fsp3) is 0.545. The first-order valence-electron chi connectivity index (χ1n) is 10.3. The highest BCUT2D eigenvalue weighted by Gasteiger charge is 2.43. The molecule has 3 rings (SSSR count). The molecule has 2 aliphatic heterocycles. The van der Waals surface area contributed by atoms with Crippen LogP contribution in [0, 0.1) is 10.1 Å². The molecule has 0 aliphatic carbocycles. The van der Waals surface area contributed by atoms with Crippen LogP contribution in [0.15, 0.2) is 29.8 Å². The van der Waals surface area contributed by atoms with Gasteiger partial charge in [-0.1, -0.05) is 0 Å². The van der Waals surface area contributed by atoms with Crippen molar-refractivity contribution in [2.75, 3.05) is 6.61 Å². The van der Waals surface area contributed by atoms with Crippen LogP contribution in [-0.4, -0.2) is 46.2 Å². The molecule has 8 nitrogen and oxygen atoms in total. The number of benzene rings is 1. The Labute approximate surface area is 176 Å². The predicted molar refractivity (Wildman–Crippen MR) is 111 cm³/mol. The Morgan fingerprint density at radius 2 is 1.73 bits per heavy atom. The summed E-state index contributed by atoms with van der Waals surface area (Å²) < 4.78 is 10.9. The second-order valence-corrected chi connectivity index (χ2v) is 8.66. The summed E-state index contributed by atoms with van der Waals surface area (Å²) in [6, 6.07) is 5.94. The van der Waals surface area contributed by atoms with Crippen LogP contribution in [0.1, 0.15) is 58.9 Å². The summed E-state index contributed by atoms with van der Waals surface area (Å²) >= 11 is 0. The molecule has 8 heteroatoms. The molecule has 1 saturated heterocycles. The Bertz CT molecular complexity index is 869. The van der Waals surface area contributed by atoms with Crippen LogP contribution in [0.3, 0.4) is 0 Å². The maximum absolute atomic E-state index is 12.9. The van der Waals surface area contributed by atoms with Gasteiger partial charge in [0.25, 0.3) is 5.69 Å². The van der Waals surface area contributed by atoms with Gasteiger partial charge >= 0.3 is 12.1 Å². The van der Waals surface area contributed by atoms with Crippen LogP contribution in [0.5, 0.6) is 0 Å². The minimum atomic E-state index is -0.610. The summed E-state index contributed by atoms with van der Waals surface area (Å²) in [5.74, 6) is -0.400. The van der Waals surface area contributed by atoms with E-state index in [1.54, 1.807) is 24.0 Å². The molecular formula is C22H28N2O6. The fourth-order valence-corrected chi connectivity index (χ4v) is 4.19. The van der Waals surface area contributed by atoms with Gasteiger partial charge in [-0.15, -0.1) is 0 Å². The lowest BCUT2D eigenvalue weighted by molar-refractivity contribution is -0.384. The van der Waals surface area contributed by atoms with Gasteiger partial charge in [-0.3, -0.25) is 10.1 Å². The minimum absolute atomic E-state index is 0.0115. The van der Waals surface area contributed by atoms with Crippen LogP contribution in [0.25, 0.3) is 5.57 Å². The molecule has 0 saturated carbocycles. The van der Waals surface area contributed by atoms with Crippen molar-refractivity contribution in [3.05, 3.63) is 45.5 Å². The molecule has 1 amide bonds. The molecular weight excluding hydrogens is 388 g/mol. The molecule has 30 heavy (non-hydrogen) atoms. The van der Waals surface area contributed by atoms with E-state index in [4.69, 9.17) is 9.47 Å². The number of amides is 1. The quantitative estimate of drug-likeness (QED) is 0.408. The van der Waals surface area contributed by atoms with Gasteiger partial charge in [0.15, 0.2) is 0 Å². The maximum atomic E-state index is 12.9. The van der Waals surface area contributed by atoms with E-state index < -0.39 is 16.5 Å². The summed E-state index contributed by atoms with van der Waals surface area (Å²) in [7, 11) is 0. The number of nitro groups is 1. The minimum Gasteiger partial charge on any atom is -0.463 e. The zero-order valence-electron chi connectivity index (χ0n) is 17.8. The topological polar surface area (TPSA) is 99.0 Å². The Morgan fingerprint density at radius 1 is 1.13 bits per heavy atom. The normalized spacial score (nSPS) is 21.3. The van der Waals surface area contributed by atoms with Crippen molar-refractivity contribution >= 4 is 23.3 Å². The number of ether oxygens (including phenoxy) is 2. The molecule has 1 aromatic rings. The standard InChI is InChI=1S/C22H28N2O6/c1-5-29-20(25)19-13-17-11-10-16(23(17)21(26)30-22(2,3)4)12-18(19)14-6-8-15(9-7-14)24(27)28/h6-9,16-17H,5,10-13H2,1-4H3. The van der Waals surface area contributed by atoms with Crippen LogP contribution >= 0.6 is 0 Å². The van der Waals surface area contributed by atoms with Gasteiger partial charge in [-0.05, 0) is 70.2 Å². The third-order valence-corrected chi connectivity index (χ3v) is 5.42. The number of nitrogens with zero attached hydrogens (tertiary/aromatic N) is 2. The number of rotatable bonds is 4. The Balaban J connectivity index is 1.98. The Hall–Kier alpha value is -2.90. The number of carbonyl (C=O) groups excluding carboxylic acids is 2. The van der Waals surface area contributed by atoms with Crippen molar-refractivity contribution in [2.45, 2.75) is 71.1 Å². The lowest BCUT2D eigenvalue weighted by Crippen LogP contribution is -2.43. The lowest BCUT2D eigenvalue weighted by Gasteiger charge is -2.31. The van der Waals surface area contributed by atoms with Gasteiger partial charge in [0.05, 0.1) is 11.5 Å². The van der Waals surface area contributed by atoms with Gasteiger partial charge in [-0.2, -0.15) is 0 Å². The van der Waals surface area contributed by atoms with E-state index in [-0.39, 0.29) is 30.5 Å². The van der Waals surface area contributed by atoms with E-state index in [9.17, 15) is 19.7 Å². The summed E-state index contributed by atoms with van der Waals surface area (Å²) in [5.41, 5.74) is 1.43. The van der Waals surface area contributed by atoms with Gasteiger partial charge in [0.1, 0.15) is 5.60 Å². The third-order valence-electron chi connectivity index (χ3n) is 5.42. The molecule has 162 valence electrons. The van der Waals surface area contributed by atoms with Crippen molar-refractivity contribution < 1.29 is 24.0 Å². The van der Waals surface area contributed by atoms with E-state index >= 15 is 0 Å². The first kappa shape index (κ1) is 21.8. The number of carbonyl (C=O) groups is 2. The number of nitro benzene ring substituents is 1. The molecule has 2 unspecified atom stereocenters. The highest BCUT2D eigenvalue weighted by Crippen LogP contribution is 2.41. The largest absolute Gasteiger partial charge is 0.463 e. The van der Waals surface area contributed by atoms with Crippen molar-refractivity contribution in [2.24, 2.45) is 0 Å². The van der Waals surface area contributed by atoms with Crippen LogP contribution < -0.4 is 0 Å². The average Bonchev–Trinajstić information content (AvgIpc) is 2.96. The van der Waals surface area contributed by atoms with E-state index in [1.807, 2.05) is 20.8 Å². The second kappa shape index (κ2) is 8.45. The molecule has 0 spiro atoms. The number of fused-ring (bicyclic) bond motifs is 2. The van der Waals surface area contributed by atoms with Crippen LogP contribution in [-0.2, 0) is 14.3 Å². The molecule has 1 fully saturated rings. The molecule has 0 N–H and O–H groups in total. The highest BCUT2D eigenvalue weighted by molar-refractivity contribution is 5.98. The summed E-state index contributed by atoms with van der Waals surface area (Å²) in [6.07, 6.45) is 2.09. The molecule has 2 heterocycles. The van der Waals surface area contributed by atoms with Crippen molar-refractivity contribution in [1.82, 2.24) is 4.90 Å². The smallest absolute Gasteiger partial charge is 0.410 e. The number of esters is 1.